The fourth-order valence-electron chi connectivity index (χ4n) is 1.63. The Morgan fingerprint density at radius 3 is 2.31 bits per heavy atom. The molecule has 0 aliphatic carbocycles. The number of hydrogen-bond donors (Lipinski definition) is 0. The van der Waals surface area contributed by atoms with Crippen LogP contribution in [0, 0.1) is 0 Å². The Morgan fingerprint density at radius 2 is 1.69 bits per heavy atom. The van der Waals surface area contributed by atoms with Crippen molar-refractivity contribution in [3.05, 3.63) is 34.3 Å². The predicted octanol–water partition coefficient (Wildman–Crippen LogP) is 5.99. The second kappa shape index (κ2) is 11.2. The molecule has 0 aliphatic heterocycles. The van der Waals surface area contributed by atoms with Crippen LogP contribution < -0.4 is 0 Å². The topological polar surface area (TPSA) is 0 Å². The largest absolute Gasteiger partial charge is 0.0683 e. The zero-order valence-electron chi connectivity index (χ0n) is 10.9. The van der Waals surface area contributed by atoms with Gasteiger partial charge in [-0.3, -0.25) is 0 Å². The summed E-state index contributed by atoms with van der Waals surface area (Å²) in [5.41, 5.74) is 1.45. The molecule has 0 N–H and O–H groups in total. The van der Waals surface area contributed by atoms with Crippen LogP contribution in [0.5, 0.6) is 0 Å². The van der Waals surface area contributed by atoms with Crippen LogP contribution in [0.15, 0.2) is 28.7 Å². The highest BCUT2D eigenvalue weighted by molar-refractivity contribution is 9.10. The lowest BCUT2D eigenvalue weighted by molar-refractivity contribution is 0.632. The maximum atomic E-state index is 3.50. The summed E-state index contributed by atoms with van der Waals surface area (Å²) in [7, 11) is 0. The maximum absolute atomic E-state index is 3.50. The summed E-state index contributed by atoms with van der Waals surface area (Å²) in [4.78, 5) is 0. The SMILES string of the molecule is CC.CCCCCCCc1cccc(Br)c1. The molecular formula is C15H25Br. The molecule has 1 aromatic carbocycles. The van der Waals surface area contributed by atoms with Crippen molar-refractivity contribution >= 4 is 15.9 Å². The van der Waals surface area contributed by atoms with Crippen LogP contribution in [-0.2, 0) is 6.42 Å². The van der Waals surface area contributed by atoms with Crippen LogP contribution in [0.2, 0.25) is 0 Å². The molecule has 0 aliphatic rings. The van der Waals surface area contributed by atoms with Crippen molar-refractivity contribution < 1.29 is 0 Å². The van der Waals surface area contributed by atoms with Crippen LogP contribution >= 0.6 is 15.9 Å². The first-order valence-electron chi connectivity index (χ1n) is 6.57. The van der Waals surface area contributed by atoms with Crippen molar-refractivity contribution in [2.24, 2.45) is 0 Å². The number of aryl methyl sites for hydroxylation is 1. The molecule has 0 bridgehead atoms. The molecule has 0 aromatic heterocycles. The third-order valence-electron chi connectivity index (χ3n) is 2.46. The Balaban J connectivity index is 0.00000106. The molecule has 1 aromatic rings. The molecule has 0 nitrogen and oxygen atoms in total. The van der Waals surface area contributed by atoms with E-state index in [2.05, 4.69) is 47.1 Å². The van der Waals surface area contributed by atoms with Crippen molar-refractivity contribution in [3.8, 4) is 0 Å². The molecule has 0 radical (unpaired) electrons. The smallest absolute Gasteiger partial charge is 0.0177 e. The first-order valence-corrected chi connectivity index (χ1v) is 7.36. The molecule has 0 spiro atoms. The van der Waals surface area contributed by atoms with E-state index in [1.807, 2.05) is 13.8 Å². The lowest BCUT2D eigenvalue weighted by atomic mass is 10.1. The number of rotatable bonds is 6. The molecule has 0 saturated heterocycles. The minimum absolute atomic E-state index is 1.20. The van der Waals surface area contributed by atoms with Crippen molar-refractivity contribution in [2.75, 3.05) is 0 Å². The van der Waals surface area contributed by atoms with Gasteiger partial charge in [-0.15, -0.1) is 0 Å². The summed E-state index contributed by atoms with van der Waals surface area (Å²) in [6, 6.07) is 8.64. The van der Waals surface area contributed by atoms with Gasteiger partial charge in [-0.2, -0.15) is 0 Å². The lowest BCUT2D eigenvalue weighted by Gasteiger charge is -2.01. The van der Waals surface area contributed by atoms with Gasteiger partial charge in [0.1, 0.15) is 0 Å². The van der Waals surface area contributed by atoms with Gasteiger partial charge in [-0.05, 0) is 30.5 Å². The highest BCUT2D eigenvalue weighted by Gasteiger charge is 1.94. The first kappa shape index (κ1) is 15.7. The van der Waals surface area contributed by atoms with Crippen molar-refractivity contribution in [1.82, 2.24) is 0 Å². The summed E-state index contributed by atoms with van der Waals surface area (Å²) < 4.78 is 1.20. The van der Waals surface area contributed by atoms with Crippen molar-refractivity contribution in [2.45, 2.75) is 59.3 Å². The maximum Gasteiger partial charge on any atom is 0.0177 e. The first-order chi connectivity index (χ1) is 7.83. The molecule has 92 valence electrons. The zero-order chi connectivity index (χ0) is 12.2. The van der Waals surface area contributed by atoms with Crippen molar-refractivity contribution in [3.63, 3.8) is 0 Å². The van der Waals surface area contributed by atoms with Crippen LogP contribution in [0.3, 0.4) is 0 Å². The van der Waals surface area contributed by atoms with Crippen molar-refractivity contribution in [1.29, 1.82) is 0 Å². The summed E-state index contributed by atoms with van der Waals surface area (Å²) in [5, 5.41) is 0. The van der Waals surface area contributed by atoms with Gasteiger partial charge >= 0.3 is 0 Å². The van der Waals surface area contributed by atoms with E-state index in [9.17, 15) is 0 Å². The fraction of sp³-hybridized carbons (Fsp3) is 0.600. The highest BCUT2D eigenvalue weighted by atomic mass is 79.9. The molecule has 0 fully saturated rings. The molecule has 0 amide bonds. The van der Waals surface area contributed by atoms with E-state index in [1.54, 1.807) is 0 Å². The number of halogens is 1. The van der Waals surface area contributed by atoms with E-state index < -0.39 is 0 Å². The molecule has 0 heterocycles. The normalized spacial score (nSPS) is 9.50. The Bertz CT molecular complexity index is 255. The average molecular weight is 285 g/mol. The Kier molecular flexibility index (Phi) is 11.0. The van der Waals surface area contributed by atoms with E-state index in [4.69, 9.17) is 0 Å². The second-order valence-electron chi connectivity index (χ2n) is 3.79. The third kappa shape index (κ3) is 7.92. The van der Waals surface area contributed by atoms with Crippen LogP contribution in [-0.4, -0.2) is 0 Å². The molecule has 16 heavy (non-hydrogen) atoms. The summed E-state index contributed by atoms with van der Waals surface area (Å²) >= 11 is 3.50. The monoisotopic (exact) mass is 284 g/mol. The molecule has 0 unspecified atom stereocenters. The average Bonchev–Trinajstić information content (AvgIpc) is 2.32. The minimum atomic E-state index is 1.20. The molecule has 0 saturated carbocycles. The third-order valence-corrected chi connectivity index (χ3v) is 2.95. The van der Waals surface area contributed by atoms with Gasteiger partial charge in [-0.25, -0.2) is 0 Å². The van der Waals surface area contributed by atoms with Gasteiger partial charge in [0.05, 0.1) is 0 Å². The van der Waals surface area contributed by atoms with Gasteiger partial charge in [0.25, 0.3) is 0 Å². The summed E-state index contributed by atoms with van der Waals surface area (Å²) in [6.07, 6.45) is 8.04. The van der Waals surface area contributed by atoms with Crippen LogP contribution in [0.1, 0.15) is 58.4 Å². The van der Waals surface area contributed by atoms with Gasteiger partial charge in [0.2, 0.25) is 0 Å². The van der Waals surface area contributed by atoms with E-state index in [0.717, 1.165) is 0 Å². The predicted molar refractivity (Wildman–Crippen MR) is 78.0 cm³/mol. The number of unbranched alkanes of at least 4 members (excludes halogenated alkanes) is 4. The fourth-order valence-corrected chi connectivity index (χ4v) is 2.07. The lowest BCUT2D eigenvalue weighted by Crippen LogP contribution is -1.85. The highest BCUT2D eigenvalue weighted by Crippen LogP contribution is 2.14. The van der Waals surface area contributed by atoms with Gasteiger partial charge in [0, 0.05) is 4.47 Å². The van der Waals surface area contributed by atoms with E-state index in [0.29, 0.717) is 0 Å². The summed E-state index contributed by atoms with van der Waals surface area (Å²) in [6.45, 7) is 6.26. The second-order valence-corrected chi connectivity index (χ2v) is 4.71. The van der Waals surface area contributed by atoms with Gasteiger partial charge < -0.3 is 0 Å². The Labute approximate surface area is 110 Å². The quantitative estimate of drug-likeness (QED) is 0.563. The van der Waals surface area contributed by atoms with Gasteiger partial charge in [-0.1, -0.05) is 74.5 Å². The number of hydrogen-bond acceptors (Lipinski definition) is 0. The van der Waals surface area contributed by atoms with Crippen LogP contribution in [0.4, 0.5) is 0 Å². The molecule has 0 atom stereocenters. The molecule has 1 heteroatoms. The Hall–Kier alpha value is -0.300. The van der Waals surface area contributed by atoms with Crippen LogP contribution in [0.25, 0.3) is 0 Å². The zero-order valence-corrected chi connectivity index (χ0v) is 12.5. The van der Waals surface area contributed by atoms with Gasteiger partial charge in [0.15, 0.2) is 0 Å². The van der Waals surface area contributed by atoms with E-state index in [1.165, 1.54) is 48.6 Å². The van der Waals surface area contributed by atoms with E-state index in [-0.39, 0.29) is 0 Å². The molecule has 1 rings (SSSR count). The summed E-state index contributed by atoms with van der Waals surface area (Å²) in [5.74, 6) is 0. The Morgan fingerprint density at radius 1 is 1.00 bits per heavy atom. The van der Waals surface area contributed by atoms with E-state index >= 15 is 0 Å². The molecular weight excluding hydrogens is 260 g/mol. The minimum Gasteiger partial charge on any atom is -0.0683 e. The standard InChI is InChI=1S/C13H19Br.C2H6/c1-2-3-4-5-6-8-12-9-7-10-13(14)11-12;1-2/h7,9-11H,2-6,8H2,1H3;1-2H3. The number of benzene rings is 1.